The van der Waals surface area contributed by atoms with Gasteiger partial charge in [-0.25, -0.2) is 28.1 Å². The summed E-state index contributed by atoms with van der Waals surface area (Å²) in [4.78, 5) is 48.2. The fourth-order valence-electron chi connectivity index (χ4n) is 5.36. The van der Waals surface area contributed by atoms with E-state index < -0.39 is 17.1 Å². The monoisotopic (exact) mass is 517 g/mol. The van der Waals surface area contributed by atoms with E-state index in [0.717, 1.165) is 52.2 Å². The van der Waals surface area contributed by atoms with Crippen molar-refractivity contribution in [3.05, 3.63) is 56.8 Å². The van der Waals surface area contributed by atoms with E-state index in [1.54, 1.807) is 0 Å². The molecular weight excluding hydrogens is 482 g/mol. The third kappa shape index (κ3) is 6.05. The Balaban J connectivity index is 0.000000151. The van der Waals surface area contributed by atoms with Crippen LogP contribution in [0.2, 0.25) is 0 Å². The third-order valence-corrected chi connectivity index (χ3v) is 7.71. The van der Waals surface area contributed by atoms with E-state index in [1.165, 1.54) is 12.2 Å². The van der Waals surface area contributed by atoms with E-state index >= 15 is 0 Å². The molecule has 11 heteroatoms. The molecule has 11 nitrogen and oxygen atoms in total. The van der Waals surface area contributed by atoms with Crippen LogP contribution in [-0.2, 0) is 43.4 Å². The number of allylic oxidation sites excluding steroid dienone is 2. The summed E-state index contributed by atoms with van der Waals surface area (Å²) in [5, 5.41) is 0. The number of carbonyl (C=O) groups excluding carboxylic acids is 1. The van der Waals surface area contributed by atoms with Crippen LogP contribution >= 0.6 is 0 Å². The number of nitrogens with zero attached hydrogens (tertiary/aromatic N) is 3. The Morgan fingerprint density at radius 2 is 1.41 bits per heavy atom. The Kier molecular flexibility index (Phi) is 7.64. The Morgan fingerprint density at radius 3 is 1.95 bits per heavy atom. The molecule has 0 aromatic carbocycles. The van der Waals surface area contributed by atoms with E-state index in [2.05, 4.69) is 13.2 Å². The molecule has 3 saturated heterocycles. The fourth-order valence-corrected chi connectivity index (χ4v) is 5.36. The van der Waals surface area contributed by atoms with Gasteiger partial charge in [-0.05, 0) is 44.4 Å². The molecule has 1 aromatic rings. The summed E-state index contributed by atoms with van der Waals surface area (Å²) < 4.78 is 24.4. The van der Waals surface area contributed by atoms with Gasteiger partial charge in [0.1, 0.15) is 0 Å². The maximum absolute atomic E-state index is 12.1. The van der Waals surface area contributed by atoms with Crippen molar-refractivity contribution in [1.82, 2.24) is 13.7 Å². The van der Waals surface area contributed by atoms with Gasteiger partial charge < -0.3 is 18.9 Å². The number of ether oxygens (including phenoxy) is 4. The topological polar surface area (TPSA) is 130 Å². The molecule has 0 spiro atoms. The van der Waals surface area contributed by atoms with Crippen molar-refractivity contribution in [2.45, 2.75) is 88.7 Å². The van der Waals surface area contributed by atoms with E-state index in [1.807, 2.05) is 0 Å². The Morgan fingerprint density at radius 1 is 0.838 bits per heavy atom. The molecule has 7 unspecified atom stereocenters. The van der Waals surface area contributed by atoms with Crippen LogP contribution in [0.5, 0.6) is 0 Å². The van der Waals surface area contributed by atoms with E-state index in [4.69, 9.17) is 18.9 Å². The molecular formula is C26H35N3O8. The van der Waals surface area contributed by atoms with Crippen molar-refractivity contribution in [3.63, 3.8) is 0 Å². The summed E-state index contributed by atoms with van der Waals surface area (Å²) >= 11 is 0. The quantitative estimate of drug-likeness (QED) is 0.265. The lowest BCUT2D eigenvalue weighted by Gasteiger charge is -2.21. The highest BCUT2D eigenvalue weighted by atomic mass is 16.6. The molecule has 3 aliphatic heterocycles. The molecule has 5 fully saturated rings. The zero-order chi connectivity index (χ0) is 26.1. The minimum atomic E-state index is -0.650. The second kappa shape index (κ2) is 10.9. The molecule has 2 aliphatic carbocycles. The average Bonchev–Trinajstić information content (AvgIpc) is 3.77. The Bertz CT molecular complexity index is 1160. The molecule has 6 rings (SSSR count). The van der Waals surface area contributed by atoms with Crippen molar-refractivity contribution in [1.29, 1.82) is 0 Å². The number of esters is 1. The zero-order valence-corrected chi connectivity index (χ0v) is 21.0. The van der Waals surface area contributed by atoms with Gasteiger partial charge in [0, 0.05) is 0 Å². The summed E-state index contributed by atoms with van der Waals surface area (Å²) in [6.07, 6.45) is 10.8. The molecule has 5 aliphatic rings. The molecule has 4 heterocycles. The third-order valence-electron chi connectivity index (χ3n) is 7.71. The van der Waals surface area contributed by atoms with Gasteiger partial charge in [-0.2, -0.15) is 0 Å². The standard InChI is InChI=1S/C14H20O4.C12H15N3O4/c15-14(9-2-4-11-13(6-9)18-11)16-7-8-1-3-10-12(5-8)17-10;1-3-5-13-10(16)14(6-4-2)12(18)15(11(13)17)7-9-8-19-9/h8-13H,1-7H2;3-4,9H,1-2,5-8H2. The van der Waals surface area contributed by atoms with Crippen molar-refractivity contribution < 1.29 is 23.7 Å². The minimum absolute atomic E-state index is 0.00258. The predicted octanol–water partition coefficient (Wildman–Crippen LogP) is 0.607. The molecule has 0 amide bonds. The molecule has 0 bridgehead atoms. The maximum atomic E-state index is 12.1. The molecule has 37 heavy (non-hydrogen) atoms. The molecule has 1 aromatic heterocycles. The first-order valence-corrected chi connectivity index (χ1v) is 13.1. The number of aromatic nitrogens is 3. The van der Waals surface area contributed by atoms with Crippen LogP contribution in [-0.4, -0.2) is 63.4 Å². The Labute approximate surface area is 214 Å². The normalized spacial score (nSPS) is 32.6. The number of hydrogen-bond donors (Lipinski definition) is 0. The van der Waals surface area contributed by atoms with Gasteiger partial charge in [-0.3, -0.25) is 4.79 Å². The van der Waals surface area contributed by atoms with Crippen LogP contribution < -0.4 is 17.1 Å². The van der Waals surface area contributed by atoms with Crippen LogP contribution in [0.4, 0.5) is 0 Å². The smallest absolute Gasteiger partial charge is 0.336 e. The lowest BCUT2D eigenvalue weighted by atomic mass is 9.89. The zero-order valence-electron chi connectivity index (χ0n) is 21.0. The van der Waals surface area contributed by atoms with Gasteiger partial charge in [0.15, 0.2) is 0 Å². The summed E-state index contributed by atoms with van der Waals surface area (Å²) in [7, 11) is 0. The average molecular weight is 518 g/mol. The second-order valence-corrected chi connectivity index (χ2v) is 10.5. The van der Waals surface area contributed by atoms with Crippen molar-refractivity contribution >= 4 is 5.97 Å². The van der Waals surface area contributed by atoms with Crippen LogP contribution in [0.1, 0.15) is 38.5 Å². The van der Waals surface area contributed by atoms with E-state index in [-0.39, 0.29) is 37.6 Å². The number of hydrogen-bond acceptors (Lipinski definition) is 8. The first-order chi connectivity index (χ1) is 17.9. The van der Waals surface area contributed by atoms with Crippen molar-refractivity contribution in [2.75, 3.05) is 13.2 Å². The van der Waals surface area contributed by atoms with E-state index in [0.29, 0.717) is 43.5 Å². The fraction of sp³-hybridized carbons (Fsp3) is 0.692. The number of epoxide rings is 3. The predicted molar refractivity (Wildman–Crippen MR) is 132 cm³/mol. The van der Waals surface area contributed by atoms with E-state index in [9.17, 15) is 19.2 Å². The van der Waals surface area contributed by atoms with Gasteiger partial charge in [-0.15, -0.1) is 13.2 Å². The largest absolute Gasteiger partial charge is 0.465 e. The van der Waals surface area contributed by atoms with Crippen molar-refractivity contribution in [2.24, 2.45) is 11.8 Å². The number of rotatable bonds is 9. The summed E-state index contributed by atoms with van der Waals surface area (Å²) in [6, 6.07) is 0. The first-order valence-electron chi connectivity index (χ1n) is 13.1. The number of fused-ring (bicyclic) bond motifs is 2. The van der Waals surface area contributed by atoms with Crippen molar-refractivity contribution in [3.8, 4) is 0 Å². The van der Waals surface area contributed by atoms with Gasteiger partial charge in [-0.1, -0.05) is 12.2 Å². The molecule has 0 radical (unpaired) electrons. The van der Waals surface area contributed by atoms with Crippen LogP contribution in [0.3, 0.4) is 0 Å². The van der Waals surface area contributed by atoms with Gasteiger partial charge in [0.25, 0.3) is 0 Å². The molecule has 0 N–H and O–H groups in total. The lowest BCUT2D eigenvalue weighted by Crippen LogP contribution is -2.54. The highest BCUT2D eigenvalue weighted by Gasteiger charge is 2.47. The summed E-state index contributed by atoms with van der Waals surface area (Å²) in [5.41, 5.74) is -1.92. The Hall–Kier alpha value is -2.76. The summed E-state index contributed by atoms with van der Waals surface area (Å²) in [6.45, 7) is 8.39. The highest BCUT2D eigenvalue weighted by molar-refractivity contribution is 5.72. The minimum Gasteiger partial charge on any atom is -0.465 e. The SMILES string of the molecule is C=CCn1c(=O)n(CC=C)c(=O)n(CC2CO2)c1=O.O=C(OCC1CCC2OC2C1)C1CCC2OC2C1. The molecule has 2 saturated carbocycles. The van der Waals surface area contributed by atoms with Gasteiger partial charge in [0.2, 0.25) is 0 Å². The molecule has 7 atom stereocenters. The molecule has 202 valence electrons. The second-order valence-electron chi connectivity index (χ2n) is 10.5. The number of carbonyl (C=O) groups is 1. The first kappa shape index (κ1) is 25.9. The van der Waals surface area contributed by atoms with Gasteiger partial charge in [0.05, 0.1) is 69.3 Å². The highest BCUT2D eigenvalue weighted by Crippen LogP contribution is 2.41. The van der Waals surface area contributed by atoms with Crippen LogP contribution in [0, 0.1) is 11.8 Å². The summed E-state index contributed by atoms with van der Waals surface area (Å²) in [5.74, 6) is 0.608. The van der Waals surface area contributed by atoms with Crippen LogP contribution in [0.15, 0.2) is 39.7 Å². The lowest BCUT2D eigenvalue weighted by molar-refractivity contribution is -0.151. The van der Waals surface area contributed by atoms with Crippen LogP contribution in [0.25, 0.3) is 0 Å². The van der Waals surface area contributed by atoms with Gasteiger partial charge >= 0.3 is 23.0 Å². The maximum Gasteiger partial charge on any atom is 0.336 e.